The maximum atomic E-state index is 11.4. The first-order chi connectivity index (χ1) is 7.54. The zero-order valence-corrected chi connectivity index (χ0v) is 9.48. The number of rotatable bonds is 5. The fraction of sp³-hybridized carbons (Fsp3) is 0.667. The lowest BCUT2D eigenvalue weighted by Gasteiger charge is -2.36. The van der Waals surface area contributed by atoms with Crippen molar-refractivity contribution in [1.29, 1.82) is 0 Å². The SMILES string of the molecule is CCCCC1(C(=O)O)CC=CCC1C(=O)O. The van der Waals surface area contributed by atoms with Gasteiger partial charge >= 0.3 is 11.9 Å². The summed E-state index contributed by atoms with van der Waals surface area (Å²) in [5.74, 6) is -2.76. The van der Waals surface area contributed by atoms with Gasteiger partial charge in [-0.2, -0.15) is 0 Å². The molecule has 0 saturated heterocycles. The number of aliphatic carboxylic acids is 2. The van der Waals surface area contributed by atoms with E-state index < -0.39 is 23.3 Å². The predicted molar refractivity (Wildman–Crippen MR) is 59.1 cm³/mol. The van der Waals surface area contributed by atoms with E-state index in [1.165, 1.54) is 0 Å². The minimum atomic E-state index is -1.10. The molecule has 0 amide bonds. The van der Waals surface area contributed by atoms with Gasteiger partial charge in [0.2, 0.25) is 0 Å². The molecule has 1 aliphatic carbocycles. The van der Waals surface area contributed by atoms with Gasteiger partial charge in [0.1, 0.15) is 0 Å². The van der Waals surface area contributed by atoms with E-state index in [9.17, 15) is 14.7 Å². The Labute approximate surface area is 95.0 Å². The second kappa shape index (κ2) is 5.14. The van der Waals surface area contributed by atoms with Crippen molar-refractivity contribution in [3.05, 3.63) is 12.2 Å². The quantitative estimate of drug-likeness (QED) is 0.705. The summed E-state index contributed by atoms with van der Waals surface area (Å²) in [6, 6.07) is 0. The fourth-order valence-corrected chi connectivity index (χ4v) is 2.34. The highest BCUT2D eigenvalue weighted by Crippen LogP contribution is 2.43. The first kappa shape index (κ1) is 12.7. The van der Waals surface area contributed by atoms with E-state index in [0.29, 0.717) is 19.3 Å². The van der Waals surface area contributed by atoms with Gasteiger partial charge in [0.25, 0.3) is 0 Å². The van der Waals surface area contributed by atoms with Crippen molar-refractivity contribution in [3.8, 4) is 0 Å². The van der Waals surface area contributed by atoms with Gasteiger partial charge in [0.05, 0.1) is 11.3 Å². The van der Waals surface area contributed by atoms with Gasteiger partial charge in [0.15, 0.2) is 0 Å². The molecule has 16 heavy (non-hydrogen) atoms. The zero-order valence-electron chi connectivity index (χ0n) is 9.48. The lowest BCUT2D eigenvalue weighted by Crippen LogP contribution is -2.43. The number of carbonyl (C=O) groups is 2. The van der Waals surface area contributed by atoms with Crippen LogP contribution in [0.1, 0.15) is 39.0 Å². The smallest absolute Gasteiger partial charge is 0.310 e. The highest BCUT2D eigenvalue weighted by Gasteiger charge is 2.48. The van der Waals surface area contributed by atoms with Crippen LogP contribution in [0.15, 0.2) is 12.2 Å². The van der Waals surface area contributed by atoms with Gasteiger partial charge in [-0.25, -0.2) is 0 Å². The van der Waals surface area contributed by atoms with Gasteiger partial charge in [-0.1, -0.05) is 31.9 Å². The summed E-state index contributed by atoms with van der Waals surface area (Å²) in [4.78, 5) is 22.5. The van der Waals surface area contributed by atoms with Crippen molar-refractivity contribution in [2.24, 2.45) is 11.3 Å². The average molecular weight is 226 g/mol. The summed E-state index contributed by atoms with van der Waals surface area (Å²) in [7, 11) is 0. The monoisotopic (exact) mass is 226 g/mol. The van der Waals surface area contributed by atoms with E-state index in [1.807, 2.05) is 6.92 Å². The number of carboxylic acids is 2. The Bertz CT molecular complexity index is 308. The number of unbranched alkanes of at least 4 members (excludes halogenated alkanes) is 1. The minimum absolute atomic E-state index is 0.325. The molecule has 0 heterocycles. The highest BCUT2D eigenvalue weighted by molar-refractivity contribution is 5.84. The Balaban J connectivity index is 2.99. The van der Waals surface area contributed by atoms with Crippen LogP contribution in [-0.4, -0.2) is 22.2 Å². The van der Waals surface area contributed by atoms with Gasteiger partial charge in [-0.15, -0.1) is 0 Å². The van der Waals surface area contributed by atoms with Crippen LogP contribution in [-0.2, 0) is 9.59 Å². The minimum Gasteiger partial charge on any atom is -0.481 e. The van der Waals surface area contributed by atoms with E-state index in [4.69, 9.17) is 5.11 Å². The molecule has 0 saturated carbocycles. The molecule has 2 atom stereocenters. The van der Waals surface area contributed by atoms with Gasteiger partial charge in [0, 0.05) is 0 Å². The predicted octanol–water partition coefficient (Wildman–Crippen LogP) is 2.30. The largest absolute Gasteiger partial charge is 0.481 e. The topological polar surface area (TPSA) is 74.6 Å². The summed E-state index contributed by atoms with van der Waals surface area (Å²) in [5, 5.41) is 18.5. The van der Waals surface area contributed by atoms with E-state index in [-0.39, 0.29) is 0 Å². The summed E-state index contributed by atoms with van der Waals surface area (Å²) >= 11 is 0. The summed E-state index contributed by atoms with van der Waals surface area (Å²) in [6.45, 7) is 1.98. The maximum Gasteiger partial charge on any atom is 0.310 e. The Hall–Kier alpha value is -1.32. The second-order valence-electron chi connectivity index (χ2n) is 4.37. The number of hydrogen-bond donors (Lipinski definition) is 2. The second-order valence-corrected chi connectivity index (χ2v) is 4.37. The molecule has 0 spiro atoms. The van der Waals surface area contributed by atoms with Crippen molar-refractivity contribution in [2.45, 2.75) is 39.0 Å². The molecule has 2 unspecified atom stereocenters. The van der Waals surface area contributed by atoms with Crippen molar-refractivity contribution < 1.29 is 19.8 Å². The Kier molecular flexibility index (Phi) is 4.10. The Morgan fingerprint density at radius 1 is 1.38 bits per heavy atom. The van der Waals surface area contributed by atoms with Crippen LogP contribution in [0.3, 0.4) is 0 Å². The molecule has 0 aliphatic heterocycles. The molecular weight excluding hydrogens is 208 g/mol. The molecule has 90 valence electrons. The summed E-state index contributed by atoms with van der Waals surface area (Å²) in [5.41, 5.74) is -1.10. The Morgan fingerprint density at radius 3 is 2.56 bits per heavy atom. The Morgan fingerprint density at radius 2 is 2.06 bits per heavy atom. The number of carboxylic acid groups (broad SMARTS) is 2. The highest BCUT2D eigenvalue weighted by atomic mass is 16.4. The van der Waals surface area contributed by atoms with Crippen LogP contribution < -0.4 is 0 Å². The van der Waals surface area contributed by atoms with Crippen LogP contribution in [0.5, 0.6) is 0 Å². The van der Waals surface area contributed by atoms with Gasteiger partial charge < -0.3 is 10.2 Å². The lowest BCUT2D eigenvalue weighted by atomic mass is 9.66. The molecule has 0 radical (unpaired) electrons. The average Bonchev–Trinajstić information content (AvgIpc) is 2.26. The van der Waals surface area contributed by atoms with Gasteiger partial charge in [-0.05, 0) is 19.3 Å². The van der Waals surface area contributed by atoms with E-state index in [0.717, 1.165) is 12.8 Å². The van der Waals surface area contributed by atoms with Crippen molar-refractivity contribution in [1.82, 2.24) is 0 Å². The molecule has 4 nitrogen and oxygen atoms in total. The first-order valence-corrected chi connectivity index (χ1v) is 5.66. The van der Waals surface area contributed by atoms with Gasteiger partial charge in [-0.3, -0.25) is 9.59 Å². The van der Waals surface area contributed by atoms with Crippen LogP contribution in [0.2, 0.25) is 0 Å². The van der Waals surface area contributed by atoms with Crippen LogP contribution in [0, 0.1) is 11.3 Å². The molecule has 2 N–H and O–H groups in total. The molecule has 1 rings (SSSR count). The van der Waals surface area contributed by atoms with E-state index in [2.05, 4.69) is 0 Å². The molecule has 0 aromatic carbocycles. The standard InChI is InChI=1S/C12H18O4/c1-2-3-7-12(11(15)16)8-5-4-6-9(12)10(13)14/h4-5,9H,2-3,6-8H2,1H3,(H,13,14)(H,15,16). The molecule has 4 heteroatoms. The fourth-order valence-electron chi connectivity index (χ4n) is 2.34. The maximum absolute atomic E-state index is 11.4. The molecular formula is C12H18O4. The van der Waals surface area contributed by atoms with E-state index in [1.54, 1.807) is 12.2 Å². The number of hydrogen-bond acceptors (Lipinski definition) is 2. The third-order valence-electron chi connectivity index (χ3n) is 3.39. The molecule has 0 aromatic heterocycles. The normalized spacial score (nSPS) is 28.9. The zero-order chi connectivity index (χ0) is 12.2. The summed E-state index contributed by atoms with van der Waals surface area (Å²) in [6.07, 6.45) is 6.30. The van der Waals surface area contributed by atoms with Crippen molar-refractivity contribution in [3.63, 3.8) is 0 Å². The first-order valence-electron chi connectivity index (χ1n) is 5.66. The molecule has 0 aromatic rings. The third kappa shape index (κ3) is 2.26. The number of allylic oxidation sites excluding steroid dienone is 2. The molecule has 0 fully saturated rings. The van der Waals surface area contributed by atoms with Crippen LogP contribution >= 0.6 is 0 Å². The van der Waals surface area contributed by atoms with Crippen molar-refractivity contribution in [2.75, 3.05) is 0 Å². The van der Waals surface area contributed by atoms with Crippen molar-refractivity contribution >= 4 is 11.9 Å². The van der Waals surface area contributed by atoms with Crippen LogP contribution in [0.4, 0.5) is 0 Å². The van der Waals surface area contributed by atoms with Crippen LogP contribution in [0.25, 0.3) is 0 Å². The lowest BCUT2D eigenvalue weighted by molar-refractivity contribution is -0.163. The third-order valence-corrected chi connectivity index (χ3v) is 3.39. The summed E-state index contributed by atoms with van der Waals surface area (Å²) < 4.78 is 0. The molecule has 1 aliphatic rings. The molecule has 0 bridgehead atoms. The van der Waals surface area contributed by atoms with E-state index >= 15 is 0 Å².